The Bertz CT molecular complexity index is 723. The molecular weight excluding hydrogens is 312 g/mol. The van der Waals surface area contributed by atoms with Crippen LogP contribution in [0.2, 0.25) is 0 Å². The molecule has 0 N–H and O–H groups in total. The number of likely N-dealkylation sites (N-methyl/N-ethyl adjacent to an activating group) is 1. The molecule has 0 radical (unpaired) electrons. The number of nitrogens with zero attached hydrogens (tertiary/aromatic N) is 1. The van der Waals surface area contributed by atoms with E-state index in [2.05, 4.69) is 12.1 Å². The van der Waals surface area contributed by atoms with Crippen LogP contribution < -0.4 is 24.0 Å². The summed E-state index contributed by atoms with van der Waals surface area (Å²) >= 11 is 0. The van der Waals surface area contributed by atoms with Crippen LogP contribution in [0, 0.1) is 11.7 Å². The number of rotatable bonds is 5. The maximum atomic E-state index is 13.6. The molecule has 0 saturated carbocycles. The fourth-order valence-electron chi connectivity index (χ4n) is 3.85. The summed E-state index contributed by atoms with van der Waals surface area (Å²) in [6.07, 6.45) is 1.73. The van der Waals surface area contributed by atoms with Crippen molar-refractivity contribution in [2.45, 2.75) is 18.8 Å². The number of carbonyl (C=O) groups excluding carboxylic acids is 1. The van der Waals surface area contributed by atoms with Crippen LogP contribution in [0.4, 0.5) is 4.39 Å². The van der Waals surface area contributed by atoms with E-state index in [1.165, 1.54) is 11.6 Å². The van der Waals surface area contributed by atoms with E-state index in [1.807, 2.05) is 24.3 Å². The van der Waals surface area contributed by atoms with E-state index < -0.39 is 5.97 Å². The standard InChI is InChI=1S/C20H22FNO2.Li/c1-22(13-19(23)24)12-16-8-7-15-11-17(21)9-10-18(15)20(16)14-5-3-2-4-6-14;/h2-6,9-11,16,20H,7-8,12-13H2,1H3,(H,23,24);/q;+1/p-1/t16-,20+;/m1./s1. The fraction of sp³-hybridized carbons (Fsp3) is 0.350. The van der Waals surface area contributed by atoms with Crippen molar-refractivity contribution in [3.05, 3.63) is 71.0 Å². The van der Waals surface area contributed by atoms with Gasteiger partial charge in [0.2, 0.25) is 0 Å². The van der Waals surface area contributed by atoms with Crippen LogP contribution in [0.15, 0.2) is 48.5 Å². The maximum absolute atomic E-state index is 13.6. The van der Waals surface area contributed by atoms with Crippen molar-refractivity contribution in [1.29, 1.82) is 0 Å². The topological polar surface area (TPSA) is 43.4 Å². The molecule has 25 heavy (non-hydrogen) atoms. The number of aryl methyl sites for hydroxylation is 1. The van der Waals surface area contributed by atoms with Gasteiger partial charge >= 0.3 is 18.9 Å². The molecule has 0 aromatic heterocycles. The van der Waals surface area contributed by atoms with Gasteiger partial charge in [0.15, 0.2) is 0 Å². The molecule has 2 atom stereocenters. The first-order valence-corrected chi connectivity index (χ1v) is 8.26. The molecule has 0 bridgehead atoms. The second kappa shape index (κ2) is 8.67. The molecule has 0 saturated heterocycles. The van der Waals surface area contributed by atoms with Crippen LogP contribution in [0.1, 0.15) is 29.0 Å². The van der Waals surface area contributed by atoms with Gasteiger partial charge in [-0.15, -0.1) is 0 Å². The zero-order valence-corrected chi connectivity index (χ0v) is 14.7. The third kappa shape index (κ3) is 4.73. The average Bonchev–Trinajstić information content (AvgIpc) is 2.54. The van der Waals surface area contributed by atoms with Crippen molar-refractivity contribution in [3.63, 3.8) is 0 Å². The molecule has 0 spiro atoms. The van der Waals surface area contributed by atoms with Gasteiger partial charge in [-0.1, -0.05) is 36.4 Å². The predicted molar refractivity (Wildman–Crippen MR) is 89.0 cm³/mol. The minimum absolute atomic E-state index is 0. The number of aliphatic carboxylic acids is 1. The first-order chi connectivity index (χ1) is 11.5. The Morgan fingerprint density at radius 1 is 1.24 bits per heavy atom. The minimum atomic E-state index is -1.06. The zero-order valence-electron chi connectivity index (χ0n) is 14.7. The number of carboxylic acids is 1. The smallest absolute Gasteiger partial charge is 0.549 e. The van der Waals surface area contributed by atoms with Gasteiger partial charge in [0.1, 0.15) is 5.82 Å². The third-order valence-corrected chi connectivity index (χ3v) is 4.80. The van der Waals surface area contributed by atoms with Gasteiger partial charge in [0.25, 0.3) is 0 Å². The Kier molecular flexibility index (Phi) is 6.84. The molecule has 2 aromatic rings. The first kappa shape index (κ1) is 19.7. The number of hydrogen-bond donors (Lipinski definition) is 0. The van der Waals surface area contributed by atoms with E-state index in [0.717, 1.165) is 24.0 Å². The van der Waals surface area contributed by atoms with Gasteiger partial charge in [0, 0.05) is 19.0 Å². The summed E-state index contributed by atoms with van der Waals surface area (Å²) in [5.41, 5.74) is 3.40. The van der Waals surface area contributed by atoms with Gasteiger partial charge in [-0.2, -0.15) is 0 Å². The Hall–Kier alpha value is -1.60. The molecule has 3 nitrogen and oxygen atoms in total. The van der Waals surface area contributed by atoms with Crippen LogP contribution in [-0.2, 0) is 11.2 Å². The van der Waals surface area contributed by atoms with Gasteiger partial charge in [-0.25, -0.2) is 4.39 Å². The number of carboxylic acid groups (broad SMARTS) is 1. The van der Waals surface area contributed by atoms with Crippen LogP contribution in [-0.4, -0.2) is 31.0 Å². The summed E-state index contributed by atoms with van der Waals surface area (Å²) in [5.74, 6) is -0.824. The molecule has 1 aliphatic rings. The normalized spacial score (nSPS) is 19.2. The fourth-order valence-corrected chi connectivity index (χ4v) is 3.85. The predicted octanol–water partition coefficient (Wildman–Crippen LogP) is -0.794. The Labute approximate surface area is 160 Å². The molecule has 5 heteroatoms. The molecule has 0 heterocycles. The number of hydrogen-bond acceptors (Lipinski definition) is 3. The number of halogens is 1. The van der Waals surface area contributed by atoms with Crippen molar-refractivity contribution in [2.24, 2.45) is 5.92 Å². The molecule has 2 aromatic carbocycles. The molecule has 0 unspecified atom stereocenters. The quantitative estimate of drug-likeness (QED) is 0.674. The number of benzene rings is 2. The number of carbonyl (C=O) groups is 1. The zero-order chi connectivity index (χ0) is 17.1. The van der Waals surface area contributed by atoms with Gasteiger partial charge < -0.3 is 14.8 Å². The summed E-state index contributed by atoms with van der Waals surface area (Å²) in [7, 11) is 1.80. The summed E-state index contributed by atoms with van der Waals surface area (Å²) in [6, 6.07) is 15.2. The molecule has 0 aliphatic heterocycles. The van der Waals surface area contributed by atoms with E-state index in [4.69, 9.17) is 0 Å². The number of fused-ring (bicyclic) bond motifs is 1. The average molecular weight is 333 g/mol. The van der Waals surface area contributed by atoms with Crippen LogP contribution in [0.3, 0.4) is 0 Å². The molecule has 126 valence electrons. The molecule has 0 amide bonds. The molecule has 0 fully saturated rings. The van der Waals surface area contributed by atoms with E-state index in [0.29, 0.717) is 6.54 Å². The largest absolute Gasteiger partial charge is 1.00 e. The molecule has 3 rings (SSSR count). The van der Waals surface area contributed by atoms with Crippen molar-refractivity contribution in [2.75, 3.05) is 20.1 Å². The third-order valence-electron chi connectivity index (χ3n) is 4.80. The summed E-state index contributed by atoms with van der Waals surface area (Å²) in [5, 5.41) is 10.8. The van der Waals surface area contributed by atoms with Crippen molar-refractivity contribution in [3.8, 4) is 0 Å². The van der Waals surface area contributed by atoms with Gasteiger partial charge in [-0.3, -0.25) is 0 Å². The van der Waals surface area contributed by atoms with Crippen molar-refractivity contribution < 1.29 is 33.2 Å². The van der Waals surface area contributed by atoms with Crippen molar-refractivity contribution >= 4 is 5.97 Å². The first-order valence-electron chi connectivity index (χ1n) is 8.26. The van der Waals surface area contributed by atoms with E-state index in [9.17, 15) is 14.3 Å². The molecular formula is C20H21FLiNO2. The Balaban J connectivity index is 0.00000225. The summed E-state index contributed by atoms with van der Waals surface area (Å²) < 4.78 is 13.6. The van der Waals surface area contributed by atoms with E-state index in [-0.39, 0.29) is 43.1 Å². The van der Waals surface area contributed by atoms with Crippen LogP contribution in [0.5, 0.6) is 0 Å². The van der Waals surface area contributed by atoms with Gasteiger partial charge in [0.05, 0.1) is 5.97 Å². The monoisotopic (exact) mass is 333 g/mol. The van der Waals surface area contributed by atoms with E-state index in [1.54, 1.807) is 18.0 Å². The molecule has 1 aliphatic carbocycles. The Morgan fingerprint density at radius 3 is 2.64 bits per heavy atom. The van der Waals surface area contributed by atoms with Crippen LogP contribution in [0.25, 0.3) is 0 Å². The second-order valence-electron chi connectivity index (χ2n) is 6.60. The summed E-state index contributed by atoms with van der Waals surface area (Å²) in [6.45, 7) is 0.596. The summed E-state index contributed by atoms with van der Waals surface area (Å²) in [4.78, 5) is 12.6. The van der Waals surface area contributed by atoms with Gasteiger partial charge in [-0.05, 0) is 54.6 Å². The second-order valence-corrected chi connectivity index (χ2v) is 6.60. The maximum Gasteiger partial charge on any atom is 1.00 e. The van der Waals surface area contributed by atoms with E-state index >= 15 is 0 Å². The van der Waals surface area contributed by atoms with Crippen LogP contribution >= 0.6 is 0 Å². The minimum Gasteiger partial charge on any atom is -0.549 e. The van der Waals surface area contributed by atoms with Crippen molar-refractivity contribution in [1.82, 2.24) is 4.90 Å². The Morgan fingerprint density at radius 2 is 1.96 bits per heavy atom. The SMILES string of the molecule is CN(CC(=O)[O-])C[C@H]1CCc2cc(F)ccc2[C@H]1c1ccccc1.[Li+].